The Hall–Kier alpha value is -1.61. The fourth-order valence-electron chi connectivity index (χ4n) is 2.49. The lowest BCUT2D eigenvalue weighted by Gasteiger charge is -2.25. The van der Waals surface area contributed by atoms with Crippen LogP contribution in [0.5, 0.6) is 5.75 Å². The van der Waals surface area contributed by atoms with Gasteiger partial charge in [0.1, 0.15) is 11.9 Å². The van der Waals surface area contributed by atoms with Crippen molar-refractivity contribution in [3.8, 4) is 5.75 Å². The van der Waals surface area contributed by atoms with E-state index in [2.05, 4.69) is 28.1 Å². The van der Waals surface area contributed by atoms with Crippen LogP contribution in [0.15, 0.2) is 53.0 Å². The Bertz CT molecular complexity index is 622. The number of rotatable bonds is 3. The van der Waals surface area contributed by atoms with E-state index in [4.69, 9.17) is 4.74 Å². The number of carbonyl (C=O) groups excluding carboxylic acids is 1. The lowest BCUT2D eigenvalue weighted by Crippen LogP contribution is -2.27. The van der Waals surface area contributed by atoms with E-state index in [1.54, 1.807) is 0 Å². The number of ketones is 1. The Morgan fingerprint density at radius 1 is 1.15 bits per heavy atom. The van der Waals surface area contributed by atoms with E-state index in [0.29, 0.717) is 17.7 Å². The van der Waals surface area contributed by atoms with Gasteiger partial charge in [-0.15, -0.1) is 0 Å². The summed E-state index contributed by atoms with van der Waals surface area (Å²) in [5.74, 6) is 0.883. The second kappa shape index (κ2) is 5.80. The predicted octanol–water partition coefficient (Wildman–Crippen LogP) is 4.42. The van der Waals surface area contributed by atoms with E-state index in [0.717, 1.165) is 17.3 Å². The van der Waals surface area contributed by atoms with Gasteiger partial charge >= 0.3 is 0 Å². The number of fused-ring (bicyclic) bond motifs is 1. The van der Waals surface area contributed by atoms with Gasteiger partial charge in [0.25, 0.3) is 0 Å². The largest absolute Gasteiger partial charge is 0.489 e. The number of benzene rings is 2. The van der Waals surface area contributed by atoms with E-state index >= 15 is 0 Å². The van der Waals surface area contributed by atoms with E-state index in [1.165, 1.54) is 5.56 Å². The maximum atomic E-state index is 12.2. The molecular weight excluding hydrogens is 316 g/mol. The van der Waals surface area contributed by atoms with Crippen LogP contribution >= 0.6 is 15.9 Å². The molecule has 0 bridgehead atoms. The molecule has 0 aliphatic carbocycles. The van der Waals surface area contributed by atoms with Crippen LogP contribution in [0.2, 0.25) is 0 Å². The van der Waals surface area contributed by atoms with Crippen molar-refractivity contribution in [1.29, 1.82) is 0 Å². The Morgan fingerprint density at radius 2 is 1.95 bits per heavy atom. The highest BCUT2D eigenvalue weighted by molar-refractivity contribution is 9.10. The summed E-state index contributed by atoms with van der Waals surface area (Å²) in [5.41, 5.74) is 1.97. The van der Waals surface area contributed by atoms with Crippen LogP contribution in [0.25, 0.3) is 0 Å². The van der Waals surface area contributed by atoms with Crippen molar-refractivity contribution in [3.05, 3.63) is 64.1 Å². The maximum absolute atomic E-state index is 12.2. The van der Waals surface area contributed by atoms with Crippen molar-refractivity contribution in [2.75, 3.05) is 0 Å². The summed E-state index contributed by atoms with van der Waals surface area (Å²) < 4.78 is 6.85. The van der Waals surface area contributed by atoms with Gasteiger partial charge in [-0.25, -0.2) is 0 Å². The number of hydrogen-bond acceptors (Lipinski definition) is 2. The fraction of sp³-hybridized carbons (Fsp3) is 0.235. The van der Waals surface area contributed by atoms with Crippen LogP contribution < -0.4 is 4.74 Å². The molecule has 2 nitrogen and oxygen atoms in total. The van der Waals surface area contributed by atoms with E-state index < -0.39 is 0 Å². The summed E-state index contributed by atoms with van der Waals surface area (Å²) in [6, 6.07) is 15.9. The summed E-state index contributed by atoms with van der Waals surface area (Å²) in [6.07, 6.45) is 2.25. The zero-order valence-electron chi connectivity index (χ0n) is 11.0. The Kier molecular flexibility index (Phi) is 3.88. The van der Waals surface area contributed by atoms with Crippen LogP contribution in [-0.4, -0.2) is 11.9 Å². The predicted molar refractivity (Wildman–Crippen MR) is 82.3 cm³/mol. The monoisotopic (exact) mass is 330 g/mol. The van der Waals surface area contributed by atoms with Crippen molar-refractivity contribution < 1.29 is 9.53 Å². The van der Waals surface area contributed by atoms with Gasteiger partial charge in [0, 0.05) is 10.9 Å². The first-order valence-electron chi connectivity index (χ1n) is 6.76. The summed E-state index contributed by atoms with van der Waals surface area (Å²) in [7, 11) is 0. The van der Waals surface area contributed by atoms with Gasteiger partial charge in [-0.2, -0.15) is 0 Å². The van der Waals surface area contributed by atoms with Gasteiger partial charge < -0.3 is 4.74 Å². The van der Waals surface area contributed by atoms with Crippen molar-refractivity contribution in [1.82, 2.24) is 0 Å². The third-order valence-corrected chi connectivity index (χ3v) is 4.04. The highest BCUT2D eigenvalue weighted by Crippen LogP contribution is 2.31. The molecule has 1 heterocycles. The number of Topliss-reactive ketones (excluding diaryl/α,β-unsaturated/α-hetero) is 1. The highest BCUT2D eigenvalue weighted by atomic mass is 79.9. The van der Waals surface area contributed by atoms with E-state index in [1.807, 2.05) is 36.4 Å². The second-order valence-corrected chi connectivity index (χ2v) is 5.95. The van der Waals surface area contributed by atoms with Gasteiger partial charge in [-0.05, 0) is 36.6 Å². The SMILES string of the molecule is O=C1CC(CCc2ccccc2)Oc2ccc(Br)cc21. The number of halogens is 1. The van der Waals surface area contributed by atoms with Crippen LogP contribution in [0.1, 0.15) is 28.8 Å². The molecule has 0 saturated heterocycles. The molecule has 0 aromatic heterocycles. The summed E-state index contributed by atoms with van der Waals surface area (Å²) >= 11 is 3.39. The Labute approximate surface area is 126 Å². The molecule has 2 aromatic carbocycles. The topological polar surface area (TPSA) is 26.3 Å². The molecule has 0 fully saturated rings. The molecule has 3 rings (SSSR count). The average molecular weight is 331 g/mol. The first-order valence-corrected chi connectivity index (χ1v) is 7.55. The molecule has 0 saturated carbocycles. The zero-order chi connectivity index (χ0) is 13.9. The van der Waals surface area contributed by atoms with E-state index in [9.17, 15) is 4.79 Å². The molecule has 102 valence electrons. The van der Waals surface area contributed by atoms with Crippen LogP contribution in [0.4, 0.5) is 0 Å². The minimum Gasteiger partial charge on any atom is -0.489 e. The lowest BCUT2D eigenvalue weighted by atomic mass is 9.97. The van der Waals surface area contributed by atoms with Crippen LogP contribution in [-0.2, 0) is 6.42 Å². The second-order valence-electron chi connectivity index (χ2n) is 5.03. The van der Waals surface area contributed by atoms with Crippen molar-refractivity contribution in [3.63, 3.8) is 0 Å². The molecule has 0 radical (unpaired) electrons. The molecule has 0 N–H and O–H groups in total. The summed E-state index contributed by atoms with van der Waals surface area (Å²) in [6.45, 7) is 0. The van der Waals surface area contributed by atoms with Gasteiger partial charge in [0.05, 0.1) is 5.56 Å². The number of carbonyl (C=O) groups is 1. The molecular formula is C17H15BrO2. The Morgan fingerprint density at radius 3 is 2.75 bits per heavy atom. The molecule has 0 spiro atoms. The van der Waals surface area contributed by atoms with Crippen molar-refractivity contribution >= 4 is 21.7 Å². The first kappa shape index (κ1) is 13.4. The average Bonchev–Trinajstić information content (AvgIpc) is 2.47. The van der Waals surface area contributed by atoms with Crippen LogP contribution in [0, 0.1) is 0 Å². The fourth-order valence-corrected chi connectivity index (χ4v) is 2.86. The highest BCUT2D eigenvalue weighted by Gasteiger charge is 2.26. The molecule has 1 aliphatic rings. The van der Waals surface area contributed by atoms with Gasteiger partial charge in [-0.1, -0.05) is 46.3 Å². The molecule has 2 aromatic rings. The Balaban J connectivity index is 1.69. The van der Waals surface area contributed by atoms with E-state index in [-0.39, 0.29) is 11.9 Å². The minimum absolute atomic E-state index is 0.0172. The number of ether oxygens (including phenoxy) is 1. The third-order valence-electron chi connectivity index (χ3n) is 3.55. The summed E-state index contributed by atoms with van der Waals surface area (Å²) in [4.78, 5) is 12.2. The normalized spacial score (nSPS) is 17.4. The molecule has 20 heavy (non-hydrogen) atoms. The third kappa shape index (κ3) is 2.93. The standard InChI is InChI=1S/C17H15BrO2/c18-13-7-9-17-15(10-13)16(19)11-14(20-17)8-6-12-4-2-1-3-5-12/h1-5,7,9-10,14H,6,8,11H2. The summed E-state index contributed by atoms with van der Waals surface area (Å²) in [5, 5.41) is 0. The molecule has 0 amide bonds. The molecule has 1 atom stereocenters. The molecule has 3 heteroatoms. The molecule has 1 aliphatic heterocycles. The lowest BCUT2D eigenvalue weighted by molar-refractivity contribution is 0.0839. The van der Waals surface area contributed by atoms with Gasteiger partial charge in [0.15, 0.2) is 5.78 Å². The quantitative estimate of drug-likeness (QED) is 0.832. The smallest absolute Gasteiger partial charge is 0.170 e. The van der Waals surface area contributed by atoms with Crippen LogP contribution in [0.3, 0.4) is 0 Å². The number of aryl methyl sites for hydroxylation is 1. The number of hydrogen-bond donors (Lipinski definition) is 0. The molecule has 1 unspecified atom stereocenters. The van der Waals surface area contributed by atoms with Crippen molar-refractivity contribution in [2.24, 2.45) is 0 Å². The van der Waals surface area contributed by atoms with Gasteiger partial charge in [0.2, 0.25) is 0 Å². The van der Waals surface area contributed by atoms with Gasteiger partial charge in [-0.3, -0.25) is 4.79 Å². The maximum Gasteiger partial charge on any atom is 0.170 e. The van der Waals surface area contributed by atoms with Crippen molar-refractivity contribution in [2.45, 2.75) is 25.4 Å². The first-order chi connectivity index (χ1) is 9.72. The minimum atomic E-state index is -0.0172. The zero-order valence-corrected chi connectivity index (χ0v) is 12.6.